The Balaban J connectivity index is 1.43. The summed E-state index contributed by atoms with van der Waals surface area (Å²) in [5, 5.41) is 2.92. The van der Waals surface area contributed by atoms with Crippen molar-refractivity contribution in [2.45, 2.75) is 25.7 Å². The Hall–Kier alpha value is -4.76. The molecule has 0 saturated carbocycles. The van der Waals surface area contributed by atoms with Crippen LogP contribution in [0.3, 0.4) is 0 Å². The zero-order valence-corrected chi connectivity index (χ0v) is 24.8. The van der Waals surface area contributed by atoms with E-state index in [4.69, 9.17) is 0 Å². The molecule has 0 unspecified atom stereocenters. The van der Waals surface area contributed by atoms with Crippen molar-refractivity contribution in [3.05, 3.63) is 143 Å². The Morgan fingerprint density at radius 3 is 1.98 bits per heavy atom. The van der Waals surface area contributed by atoms with E-state index in [9.17, 15) is 22.8 Å². The van der Waals surface area contributed by atoms with Gasteiger partial charge < -0.3 is 10.2 Å². The number of hydrogen-bond donors (Lipinski definition) is 1. The van der Waals surface area contributed by atoms with Crippen LogP contribution in [0, 0.1) is 5.92 Å². The maximum atomic E-state index is 14.3. The summed E-state index contributed by atoms with van der Waals surface area (Å²) in [6, 6.07) is 27.8. The largest absolute Gasteiger partial charge is 0.416 e. The molecule has 2 amide bonds. The van der Waals surface area contributed by atoms with Crippen LogP contribution in [0.1, 0.15) is 27.8 Å². The van der Waals surface area contributed by atoms with E-state index in [2.05, 4.69) is 27.3 Å². The number of pyridine rings is 1. The fourth-order valence-electron chi connectivity index (χ4n) is 5.43. The van der Waals surface area contributed by atoms with E-state index in [1.54, 1.807) is 35.5 Å². The summed E-state index contributed by atoms with van der Waals surface area (Å²) in [4.78, 5) is 36.3. The van der Waals surface area contributed by atoms with E-state index in [-0.39, 0.29) is 24.4 Å². The third-order valence-corrected chi connectivity index (χ3v) is 7.91. The molecule has 0 spiro atoms. The number of piperazine rings is 1. The van der Waals surface area contributed by atoms with Crippen molar-refractivity contribution >= 4 is 17.9 Å². The number of amides is 2. The lowest BCUT2D eigenvalue weighted by atomic mass is 9.88. The van der Waals surface area contributed by atoms with Crippen LogP contribution in [0.4, 0.5) is 13.2 Å². The molecule has 2 heterocycles. The Morgan fingerprint density at radius 1 is 0.778 bits per heavy atom. The number of alkyl halides is 3. The normalized spacial score (nSPS) is 15.0. The summed E-state index contributed by atoms with van der Waals surface area (Å²) in [5.74, 6) is -1.49. The predicted molar refractivity (Wildman–Crippen MR) is 167 cm³/mol. The lowest BCUT2D eigenvalue weighted by Gasteiger charge is -2.37. The van der Waals surface area contributed by atoms with E-state index >= 15 is 0 Å². The van der Waals surface area contributed by atoms with Gasteiger partial charge in [0.25, 0.3) is 0 Å². The Labute approximate surface area is 261 Å². The summed E-state index contributed by atoms with van der Waals surface area (Å²) >= 11 is 0. The highest BCUT2D eigenvalue weighted by atomic mass is 19.4. The molecule has 0 aliphatic carbocycles. The van der Waals surface area contributed by atoms with Crippen molar-refractivity contribution in [3.8, 4) is 0 Å². The monoisotopic (exact) mass is 612 g/mol. The van der Waals surface area contributed by atoms with Crippen LogP contribution < -0.4 is 5.32 Å². The zero-order chi connectivity index (χ0) is 31.6. The van der Waals surface area contributed by atoms with Crippen molar-refractivity contribution in [2.24, 2.45) is 5.92 Å². The van der Waals surface area contributed by atoms with Gasteiger partial charge in [-0.15, -0.1) is 0 Å². The fourth-order valence-corrected chi connectivity index (χ4v) is 5.43. The van der Waals surface area contributed by atoms with Gasteiger partial charge in [0.15, 0.2) is 0 Å². The zero-order valence-electron chi connectivity index (χ0n) is 24.8. The molecule has 1 fully saturated rings. The number of rotatable bonds is 10. The SMILES string of the molecule is O=C(NCc1ccncc1)C(=Cc1ccc(C(F)(F)F)cc1)[C@H](Cc1ccccc1)C(=O)N1CCN(Cc2ccccc2)CC1. The van der Waals surface area contributed by atoms with E-state index in [0.29, 0.717) is 31.7 Å². The molecule has 1 aliphatic rings. The standard InChI is InChI=1S/C36H35F3N4O2/c37-36(38,39)31-13-11-28(12-14-31)23-32(34(44)41-25-29-15-17-40-18-16-29)33(24-27-7-3-1-4-8-27)35(45)43-21-19-42(20-22-43)26-30-9-5-2-6-10-30/h1-18,23,33H,19-22,24-26H2,(H,41,44)/t33-/m0/s1. The number of carbonyl (C=O) groups is 2. The molecule has 1 saturated heterocycles. The second-order valence-electron chi connectivity index (χ2n) is 11.1. The van der Waals surface area contributed by atoms with Crippen LogP contribution >= 0.6 is 0 Å². The van der Waals surface area contributed by atoms with Crippen LogP contribution in [-0.2, 0) is 35.3 Å². The van der Waals surface area contributed by atoms with Gasteiger partial charge in [0, 0.05) is 57.2 Å². The molecule has 9 heteroatoms. The van der Waals surface area contributed by atoms with E-state index in [0.717, 1.165) is 29.8 Å². The average molecular weight is 613 g/mol. The molecule has 232 valence electrons. The molecule has 1 aliphatic heterocycles. The van der Waals surface area contributed by atoms with Crippen molar-refractivity contribution in [2.75, 3.05) is 26.2 Å². The molecule has 1 aromatic heterocycles. The molecule has 45 heavy (non-hydrogen) atoms. The first-order valence-electron chi connectivity index (χ1n) is 14.9. The molecule has 4 aromatic rings. The fraction of sp³-hybridized carbons (Fsp3) is 0.250. The minimum Gasteiger partial charge on any atom is -0.348 e. The predicted octanol–water partition coefficient (Wildman–Crippen LogP) is 6.00. The average Bonchev–Trinajstić information content (AvgIpc) is 3.06. The van der Waals surface area contributed by atoms with Gasteiger partial charge in [-0.25, -0.2) is 0 Å². The lowest BCUT2D eigenvalue weighted by molar-refractivity contribution is -0.138. The van der Waals surface area contributed by atoms with Gasteiger partial charge in [0.1, 0.15) is 0 Å². The summed E-state index contributed by atoms with van der Waals surface area (Å²) in [7, 11) is 0. The molecule has 1 atom stereocenters. The number of carbonyl (C=O) groups excluding carboxylic acids is 2. The molecule has 3 aromatic carbocycles. The van der Waals surface area contributed by atoms with E-state index in [1.165, 1.54) is 17.7 Å². The van der Waals surface area contributed by atoms with Gasteiger partial charge in [-0.05, 0) is 59.0 Å². The van der Waals surface area contributed by atoms with Gasteiger partial charge in [-0.3, -0.25) is 19.5 Å². The number of aromatic nitrogens is 1. The number of benzene rings is 3. The number of halogens is 3. The van der Waals surface area contributed by atoms with Crippen molar-refractivity contribution in [1.82, 2.24) is 20.1 Å². The number of hydrogen-bond acceptors (Lipinski definition) is 4. The van der Waals surface area contributed by atoms with Crippen molar-refractivity contribution in [3.63, 3.8) is 0 Å². The summed E-state index contributed by atoms with van der Waals surface area (Å²) in [5.41, 5.74) is 2.71. The first-order chi connectivity index (χ1) is 21.8. The minimum atomic E-state index is -4.48. The third-order valence-electron chi connectivity index (χ3n) is 7.91. The first kappa shape index (κ1) is 31.7. The summed E-state index contributed by atoms with van der Waals surface area (Å²) in [6.07, 6.45) is 0.568. The Kier molecular flexibility index (Phi) is 10.4. The third kappa shape index (κ3) is 8.89. The molecule has 0 radical (unpaired) electrons. The Bertz CT molecular complexity index is 1570. The van der Waals surface area contributed by atoms with Crippen LogP contribution in [0.15, 0.2) is 115 Å². The minimum absolute atomic E-state index is 0.185. The van der Waals surface area contributed by atoms with E-state index < -0.39 is 23.6 Å². The second-order valence-corrected chi connectivity index (χ2v) is 11.1. The molecule has 5 rings (SSSR count). The van der Waals surface area contributed by atoms with Crippen LogP contribution in [-0.4, -0.2) is 52.8 Å². The summed E-state index contributed by atoms with van der Waals surface area (Å²) < 4.78 is 39.8. The van der Waals surface area contributed by atoms with E-state index in [1.807, 2.05) is 48.5 Å². The van der Waals surface area contributed by atoms with Gasteiger partial charge in [0.05, 0.1) is 11.5 Å². The quantitative estimate of drug-likeness (QED) is 0.223. The van der Waals surface area contributed by atoms with Crippen molar-refractivity contribution in [1.29, 1.82) is 0 Å². The maximum Gasteiger partial charge on any atom is 0.416 e. The molecule has 0 bridgehead atoms. The van der Waals surface area contributed by atoms with Crippen LogP contribution in [0.2, 0.25) is 0 Å². The van der Waals surface area contributed by atoms with Gasteiger partial charge >= 0.3 is 6.18 Å². The second kappa shape index (κ2) is 14.8. The highest BCUT2D eigenvalue weighted by molar-refractivity contribution is 6.04. The van der Waals surface area contributed by atoms with Gasteiger partial charge in [-0.1, -0.05) is 72.8 Å². The van der Waals surface area contributed by atoms with Crippen molar-refractivity contribution < 1.29 is 22.8 Å². The first-order valence-corrected chi connectivity index (χ1v) is 14.9. The summed E-state index contributed by atoms with van der Waals surface area (Å²) in [6.45, 7) is 3.37. The molecule has 1 N–H and O–H groups in total. The molecular formula is C36H35F3N4O2. The van der Waals surface area contributed by atoms with Gasteiger partial charge in [0.2, 0.25) is 11.8 Å². The highest BCUT2D eigenvalue weighted by Crippen LogP contribution is 2.30. The number of nitrogens with one attached hydrogen (secondary N) is 1. The van der Waals surface area contributed by atoms with Crippen LogP contribution in [0.5, 0.6) is 0 Å². The van der Waals surface area contributed by atoms with Gasteiger partial charge in [-0.2, -0.15) is 13.2 Å². The smallest absolute Gasteiger partial charge is 0.348 e. The topological polar surface area (TPSA) is 65.5 Å². The molecular weight excluding hydrogens is 577 g/mol. The maximum absolute atomic E-state index is 14.3. The van der Waals surface area contributed by atoms with Crippen LogP contribution in [0.25, 0.3) is 6.08 Å². The number of nitrogens with zero attached hydrogens (tertiary/aromatic N) is 3. The molecule has 6 nitrogen and oxygen atoms in total. The lowest BCUT2D eigenvalue weighted by Crippen LogP contribution is -2.51. The Morgan fingerprint density at radius 2 is 1.38 bits per heavy atom. The highest BCUT2D eigenvalue weighted by Gasteiger charge is 2.34.